The van der Waals surface area contributed by atoms with Crippen LogP contribution < -0.4 is 11.1 Å². The number of nitrogens with two attached hydrogens (primary N) is 1. The summed E-state index contributed by atoms with van der Waals surface area (Å²) in [7, 11) is -0.821. The Morgan fingerprint density at radius 3 is 2.81 bits per heavy atom. The first-order valence-corrected chi connectivity index (χ1v) is 8.92. The minimum absolute atomic E-state index is 0.0516. The number of rotatable bonds is 8. The van der Waals surface area contributed by atoms with Crippen molar-refractivity contribution < 1.29 is 9.00 Å². The van der Waals surface area contributed by atoms with E-state index < -0.39 is 10.8 Å². The van der Waals surface area contributed by atoms with Crippen LogP contribution in [-0.4, -0.2) is 21.6 Å². The molecule has 0 aliphatic rings. The number of amides is 1. The highest BCUT2D eigenvalue weighted by Crippen LogP contribution is 2.20. The van der Waals surface area contributed by atoms with E-state index in [2.05, 4.69) is 19.2 Å². The zero-order valence-corrected chi connectivity index (χ0v) is 14.0. The van der Waals surface area contributed by atoms with Crippen LogP contribution in [0.5, 0.6) is 0 Å². The summed E-state index contributed by atoms with van der Waals surface area (Å²) in [6.45, 7) is 6.09. The van der Waals surface area contributed by atoms with E-state index in [-0.39, 0.29) is 5.91 Å². The van der Waals surface area contributed by atoms with Gasteiger partial charge in [0.05, 0.1) is 0 Å². The van der Waals surface area contributed by atoms with Crippen molar-refractivity contribution in [1.29, 1.82) is 0 Å². The summed E-state index contributed by atoms with van der Waals surface area (Å²) in [5.74, 6) is 1.75. The summed E-state index contributed by atoms with van der Waals surface area (Å²) in [5, 5.41) is 2.86. The van der Waals surface area contributed by atoms with Gasteiger partial charge in [0.15, 0.2) is 0 Å². The lowest BCUT2D eigenvalue weighted by atomic mass is 10.1. The van der Waals surface area contributed by atoms with Crippen molar-refractivity contribution in [1.82, 2.24) is 0 Å². The molecule has 0 fully saturated rings. The third-order valence-corrected chi connectivity index (χ3v) is 5.28. The maximum atomic E-state index is 11.9. The van der Waals surface area contributed by atoms with E-state index in [9.17, 15) is 9.00 Å². The van der Waals surface area contributed by atoms with E-state index in [0.29, 0.717) is 30.2 Å². The van der Waals surface area contributed by atoms with Crippen LogP contribution in [0.3, 0.4) is 0 Å². The molecular weight excluding hydrogens is 284 g/mol. The topological polar surface area (TPSA) is 72.2 Å². The standard InChI is InChI=1S/C16H26N2O2S/c1-4-12(2)11-21(20)10-6-9-16(19)18-15-8-5-7-14(17)13(15)3/h5,7-8,12H,4,6,9-11,17H2,1-3H3,(H,18,19). The van der Waals surface area contributed by atoms with E-state index in [1.165, 1.54) is 0 Å². The second-order valence-electron chi connectivity index (χ2n) is 5.50. The molecule has 21 heavy (non-hydrogen) atoms. The largest absolute Gasteiger partial charge is 0.398 e. The molecule has 0 saturated heterocycles. The molecule has 118 valence electrons. The molecule has 1 amide bonds. The fourth-order valence-electron chi connectivity index (χ4n) is 1.91. The molecule has 0 saturated carbocycles. The molecule has 1 aromatic rings. The molecule has 0 aliphatic heterocycles. The van der Waals surface area contributed by atoms with Crippen LogP contribution in [0.2, 0.25) is 0 Å². The monoisotopic (exact) mass is 310 g/mol. The summed E-state index contributed by atoms with van der Waals surface area (Å²) in [6, 6.07) is 5.47. The van der Waals surface area contributed by atoms with Crippen LogP contribution in [0.15, 0.2) is 18.2 Å². The second-order valence-corrected chi connectivity index (χ2v) is 7.12. The predicted octanol–water partition coefficient (Wildman–Crippen LogP) is 3.09. The third kappa shape index (κ3) is 6.29. The highest BCUT2D eigenvalue weighted by molar-refractivity contribution is 7.84. The molecule has 4 nitrogen and oxygen atoms in total. The minimum Gasteiger partial charge on any atom is -0.398 e. The van der Waals surface area contributed by atoms with E-state index in [1.807, 2.05) is 25.1 Å². The van der Waals surface area contributed by atoms with Crippen LogP contribution in [-0.2, 0) is 15.6 Å². The molecule has 0 heterocycles. The van der Waals surface area contributed by atoms with Crippen molar-refractivity contribution in [3.05, 3.63) is 23.8 Å². The highest BCUT2D eigenvalue weighted by atomic mass is 32.2. The molecule has 5 heteroatoms. The summed E-state index contributed by atoms with van der Waals surface area (Å²) >= 11 is 0. The van der Waals surface area contributed by atoms with Gasteiger partial charge in [-0.25, -0.2) is 0 Å². The maximum absolute atomic E-state index is 11.9. The van der Waals surface area contributed by atoms with Gasteiger partial charge in [0.1, 0.15) is 0 Å². The van der Waals surface area contributed by atoms with Crippen LogP contribution in [0, 0.1) is 12.8 Å². The van der Waals surface area contributed by atoms with Gasteiger partial charge in [0, 0.05) is 40.1 Å². The number of hydrogen-bond donors (Lipinski definition) is 2. The summed E-state index contributed by atoms with van der Waals surface area (Å²) in [5.41, 5.74) is 8.10. The number of benzene rings is 1. The smallest absolute Gasteiger partial charge is 0.224 e. The highest BCUT2D eigenvalue weighted by Gasteiger charge is 2.09. The molecule has 1 rings (SSSR count). The number of carbonyl (C=O) groups is 1. The maximum Gasteiger partial charge on any atom is 0.224 e. The van der Waals surface area contributed by atoms with Gasteiger partial charge in [-0.05, 0) is 37.0 Å². The zero-order valence-electron chi connectivity index (χ0n) is 13.1. The number of hydrogen-bond acceptors (Lipinski definition) is 3. The molecule has 3 N–H and O–H groups in total. The molecule has 0 spiro atoms. The quantitative estimate of drug-likeness (QED) is 0.725. The van der Waals surface area contributed by atoms with Crippen LogP contribution in [0.4, 0.5) is 11.4 Å². The first-order chi connectivity index (χ1) is 9.93. The first kappa shape index (κ1) is 17.7. The lowest BCUT2D eigenvalue weighted by molar-refractivity contribution is -0.116. The Morgan fingerprint density at radius 2 is 2.14 bits per heavy atom. The van der Waals surface area contributed by atoms with Crippen molar-refractivity contribution in [3.63, 3.8) is 0 Å². The molecule has 0 aromatic heterocycles. The van der Waals surface area contributed by atoms with Gasteiger partial charge < -0.3 is 11.1 Å². The number of nitrogens with one attached hydrogen (secondary N) is 1. The molecule has 0 aliphatic carbocycles. The van der Waals surface area contributed by atoms with Gasteiger partial charge in [-0.15, -0.1) is 0 Å². The molecule has 2 atom stereocenters. The molecule has 0 bridgehead atoms. The molecule has 2 unspecified atom stereocenters. The normalized spacial score (nSPS) is 13.7. The predicted molar refractivity (Wildman–Crippen MR) is 90.8 cm³/mol. The minimum atomic E-state index is -0.821. The SMILES string of the molecule is CCC(C)CS(=O)CCCC(=O)Nc1cccc(N)c1C. The van der Waals surface area contributed by atoms with Crippen LogP contribution in [0.1, 0.15) is 38.7 Å². The van der Waals surface area contributed by atoms with Crippen LogP contribution in [0.25, 0.3) is 0 Å². The summed E-state index contributed by atoms with van der Waals surface area (Å²) in [6.07, 6.45) is 2.08. The van der Waals surface area contributed by atoms with Gasteiger partial charge in [-0.1, -0.05) is 26.3 Å². The average Bonchev–Trinajstić information content (AvgIpc) is 2.43. The van der Waals surface area contributed by atoms with E-state index in [4.69, 9.17) is 5.73 Å². The Labute approximate surface area is 130 Å². The van der Waals surface area contributed by atoms with Crippen molar-refractivity contribution >= 4 is 28.1 Å². The van der Waals surface area contributed by atoms with Crippen molar-refractivity contribution in [2.75, 3.05) is 22.6 Å². The van der Waals surface area contributed by atoms with Gasteiger partial charge in [0.2, 0.25) is 5.91 Å². The number of nitrogen functional groups attached to an aromatic ring is 1. The molecular formula is C16H26N2O2S. The Hall–Kier alpha value is -1.36. The lowest BCUT2D eigenvalue weighted by Gasteiger charge is -2.10. The first-order valence-electron chi connectivity index (χ1n) is 7.44. The molecule has 1 aromatic carbocycles. The van der Waals surface area contributed by atoms with Crippen molar-refractivity contribution in [3.8, 4) is 0 Å². The third-order valence-electron chi connectivity index (χ3n) is 3.59. The fourth-order valence-corrected chi connectivity index (χ4v) is 3.42. The Kier molecular flexibility index (Phi) is 7.43. The van der Waals surface area contributed by atoms with Gasteiger partial charge in [-0.2, -0.15) is 0 Å². The Bertz CT molecular complexity index is 503. The van der Waals surface area contributed by atoms with Crippen LogP contribution >= 0.6 is 0 Å². The number of carbonyl (C=O) groups excluding carboxylic acids is 1. The Balaban J connectivity index is 2.35. The zero-order chi connectivity index (χ0) is 15.8. The second kappa shape index (κ2) is 8.82. The molecule has 0 radical (unpaired) electrons. The van der Waals surface area contributed by atoms with Crippen molar-refractivity contribution in [2.45, 2.75) is 40.0 Å². The number of anilines is 2. The fraction of sp³-hybridized carbons (Fsp3) is 0.562. The van der Waals surface area contributed by atoms with Gasteiger partial charge in [0.25, 0.3) is 0 Å². The van der Waals surface area contributed by atoms with Crippen molar-refractivity contribution in [2.24, 2.45) is 5.92 Å². The summed E-state index contributed by atoms with van der Waals surface area (Å²) in [4.78, 5) is 11.9. The van der Waals surface area contributed by atoms with E-state index in [0.717, 1.165) is 23.4 Å². The van der Waals surface area contributed by atoms with E-state index >= 15 is 0 Å². The lowest BCUT2D eigenvalue weighted by Crippen LogP contribution is -2.15. The van der Waals surface area contributed by atoms with E-state index in [1.54, 1.807) is 0 Å². The summed E-state index contributed by atoms with van der Waals surface area (Å²) < 4.78 is 11.8. The average molecular weight is 310 g/mol. The van der Waals surface area contributed by atoms with Gasteiger partial charge >= 0.3 is 0 Å². The Morgan fingerprint density at radius 1 is 1.43 bits per heavy atom. The van der Waals surface area contributed by atoms with Gasteiger partial charge in [-0.3, -0.25) is 9.00 Å².